The van der Waals surface area contributed by atoms with Crippen LogP contribution in [0.15, 0.2) is 0 Å². The molecule has 0 unspecified atom stereocenters. The van der Waals surface area contributed by atoms with Crippen LogP contribution in [0, 0.1) is 0 Å². The highest BCUT2D eigenvalue weighted by Gasteiger charge is 2.39. The lowest BCUT2D eigenvalue weighted by molar-refractivity contribution is -0.218. The molecule has 0 spiro atoms. The molecule has 0 fully saturated rings. The van der Waals surface area contributed by atoms with Gasteiger partial charge < -0.3 is 15.6 Å². The standard InChI is InChI=1S/C5H8F3NO3/c6-5(7,8)3(1-9)12-2-4(10)11/h3H,1-2,9H2,(H,10,11)/t3-/m0/s1. The number of carbonyl (C=O) groups is 1. The number of carboxylic acids is 1. The topological polar surface area (TPSA) is 72.5 Å². The molecular weight excluding hydrogens is 179 g/mol. The first-order chi connectivity index (χ1) is 5.38. The van der Waals surface area contributed by atoms with E-state index in [9.17, 15) is 18.0 Å². The van der Waals surface area contributed by atoms with E-state index in [4.69, 9.17) is 10.8 Å². The van der Waals surface area contributed by atoms with Gasteiger partial charge in [-0.25, -0.2) is 4.79 Å². The minimum atomic E-state index is -4.61. The quantitative estimate of drug-likeness (QED) is 0.648. The number of halogens is 3. The van der Waals surface area contributed by atoms with Gasteiger partial charge in [-0.1, -0.05) is 0 Å². The first kappa shape index (κ1) is 11.2. The molecular formula is C5H8F3NO3. The molecule has 0 radical (unpaired) electrons. The lowest BCUT2D eigenvalue weighted by atomic mass is 10.3. The van der Waals surface area contributed by atoms with Gasteiger partial charge in [-0.05, 0) is 0 Å². The maximum Gasteiger partial charge on any atom is 0.415 e. The Labute approximate surface area is 66.1 Å². The third kappa shape index (κ3) is 4.14. The van der Waals surface area contributed by atoms with Crippen molar-refractivity contribution < 1.29 is 27.8 Å². The molecule has 0 aromatic carbocycles. The molecule has 0 heterocycles. The Balaban J connectivity index is 3.92. The van der Waals surface area contributed by atoms with E-state index < -0.39 is 31.4 Å². The predicted molar refractivity (Wildman–Crippen MR) is 32.5 cm³/mol. The molecule has 0 saturated heterocycles. The molecule has 0 amide bonds. The van der Waals surface area contributed by atoms with Crippen LogP contribution >= 0.6 is 0 Å². The van der Waals surface area contributed by atoms with Crippen molar-refractivity contribution in [1.82, 2.24) is 0 Å². The molecule has 0 aromatic heterocycles. The molecule has 0 aliphatic heterocycles. The lowest BCUT2D eigenvalue weighted by Gasteiger charge is -2.17. The zero-order valence-corrected chi connectivity index (χ0v) is 5.97. The summed E-state index contributed by atoms with van der Waals surface area (Å²) in [5, 5.41) is 7.99. The Bertz CT molecular complexity index is 159. The summed E-state index contributed by atoms with van der Waals surface area (Å²) in [6.45, 7) is -1.78. The average Bonchev–Trinajstić information content (AvgIpc) is 1.85. The van der Waals surface area contributed by atoms with Crippen LogP contribution < -0.4 is 5.73 Å². The van der Waals surface area contributed by atoms with E-state index in [0.29, 0.717) is 0 Å². The van der Waals surface area contributed by atoms with E-state index in [0.717, 1.165) is 0 Å². The Kier molecular flexibility index (Phi) is 3.98. The van der Waals surface area contributed by atoms with Crippen LogP contribution in [0.4, 0.5) is 13.2 Å². The molecule has 0 aromatic rings. The summed E-state index contributed by atoms with van der Waals surface area (Å²) in [5.41, 5.74) is 4.71. The first-order valence-electron chi connectivity index (χ1n) is 2.98. The van der Waals surface area contributed by atoms with Gasteiger partial charge in [0, 0.05) is 6.54 Å². The normalized spacial score (nSPS) is 14.3. The third-order valence-electron chi connectivity index (χ3n) is 0.987. The second-order valence-corrected chi connectivity index (χ2v) is 1.97. The van der Waals surface area contributed by atoms with Gasteiger partial charge in [0.2, 0.25) is 0 Å². The van der Waals surface area contributed by atoms with E-state index >= 15 is 0 Å². The summed E-state index contributed by atoms with van der Waals surface area (Å²) < 4.78 is 39.3. The Morgan fingerprint density at radius 3 is 2.33 bits per heavy atom. The van der Waals surface area contributed by atoms with E-state index in [1.807, 2.05) is 0 Å². The van der Waals surface area contributed by atoms with Crippen LogP contribution in [-0.4, -0.2) is 36.5 Å². The number of hydrogen-bond donors (Lipinski definition) is 2. The van der Waals surface area contributed by atoms with E-state index in [1.54, 1.807) is 0 Å². The summed E-state index contributed by atoms with van der Waals surface area (Å²) in [6.07, 6.45) is -6.81. The van der Waals surface area contributed by atoms with Gasteiger partial charge in [-0.15, -0.1) is 0 Å². The molecule has 12 heavy (non-hydrogen) atoms. The molecule has 4 nitrogen and oxygen atoms in total. The van der Waals surface area contributed by atoms with Crippen molar-refractivity contribution in [2.24, 2.45) is 5.73 Å². The van der Waals surface area contributed by atoms with Gasteiger partial charge >= 0.3 is 12.1 Å². The van der Waals surface area contributed by atoms with Crippen LogP contribution in [0.5, 0.6) is 0 Å². The third-order valence-corrected chi connectivity index (χ3v) is 0.987. The zero-order chi connectivity index (χ0) is 9.78. The van der Waals surface area contributed by atoms with E-state index in [2.05, 4.69) is 4.74 Å². The fourth-order valence-corrected chi connectivity index (χ4v) is 0.468. The van der Waals surface area contributed by atoms with Gasteiger partial charge in [-0.2, -0.15) is 13.2 Å². The SMILES string of the molecule is NC[C@H](OCC(=O)O)C(F)(F)F. The van der Waals surface area contributed by atoms with Gasteiger partial charge in [0.25, 0.3) is 0 Å². The number of nitrogens with two attached hydrogens (primary N) is 1. The van der Waals surface area contributed by atoms with Crippen molar-refractivity contribution in [2.45, 2.75) is 12.3 Å². The lowest BCUT2D eigenvalue weighted by Crippen LogP contribution is -2.39. The number of rotatable bonds is 4. The number of hydrogen-bond acceptors (Lipinski definition) is 3. The smallest absolute Gasteiger partial charge is 0.415 e. The zero-order valence-electron chi connectivity index (χ0n) is 5.97. The summed E-state index contributed by atoms with van der Waals surface area (Å²) >= 11 is 0. The van der Waals surface area contributed by atoms with Crippen molar-refractivity contribution in [2.75, 3.05) is 13.2 Å². The highest BCUT2D eigenvalue weighted by molar-refractivity contribution is 5.68. The van der Waals surface area contributed by atoms with Crippen LogP contribution in [0.1, 0.15) is 0 Å². The van der Waals surface area contributed by atoms with Crippen LogP contribution in [0.2, 0.25) is 0 Å². The molecule has 1 atom stereocenters. The second-order valence-electron chi connectivity index (χ2n) is 1.97. The van der Waals surface area contributed by atoms with Crippen molar-refractivity contribution in [1.29, 1.82) is 0 Å². The van der Waals surface area contributed by atoms with Crippen molar-refractivity contribution in [3.8, 4) is 0 Å². The molecule has 3 N–H and O–H groups in total. The molecule has 7 heteroatoms. The number of aliphatic carboxylic acids is 1. The molecule has 0 rings (SSSR count). The summed E-state index contributed by atoms with van der Waals surface area (Å²) in [7, 11) is 0. The van der Waals surface area contributed by atoms with Gasteiger partial charge in [-0.3, -0.25) is 0 Å². The molecule has 72 valence electrons. The van der Waals surface area contributed by atoms with Crippen molar-refractivity contribution >= 4 is 5.97 Å². The molecule has 0 bridgehead atoms. The number of carboxylic acid groups (broad SMARTS) is 1. The average molecular weight is 187 g/mol. The minimum absolute atomic E-state index is 0.781. The summed E-state index contributed by atoms with van der Waals surface area (Å²) in [4.78, 5) is 9.81. The Hall–Kier alpha value is -0.820. The fraction of sp³-hybridized carbons (Fsp3) is 0.800. The van der Waals surface area contributed by atoms with Gasteiger partial charge in [0.15, 0.2) is 6.10 Å². The maximum absolute atomic E-state index is 11.8. The molecule has 0 aliphatic rings. The van der Waals surface area contributed by atoms with Crippen LogP contribution in [-0.2, 0) is 9.53 Å². The first-order valence-corrected chi connectivity index (χ1v) is 2.98. The van der Waals surface area contributed by atoms with Gasteiger partial charge in [0.05, 0.1) is 0 Å². The minimum Gasteiger partial charge on any atom is -0.480 e. The Morgan fingerprint density at radius 1 is 1.58 bits per heavy atom. The van der Waals surface area contributed by atoms with Crippen molar-refractivity contribution in [3.05, 3.63) is 0 Å². The highest BCUT2D eigenvalue weighted by Crippen LogP contribution is 2.21. The highest BCUT2D eigenvalue weighted by atomic mass is 19.4. The Morgan fingerprint density at radius 2 is 2.08 bits per heavy atom. The maximum atomic E-state index is 11.8. The summed E-state index contributed by atoms with van der Waals surface area (Å²) in [5.74, 6) is -1.46. The van der Waals surface area contributed by atoms with Gasteiger partial charge in [0.1, 0.15) is 6.61 Å². The van der Waals surface area contributed by atoms with E-state index in [-0.39, 0.29) is 0 Å². The predicted octanol–water partition coefficient (Wildman–Crippen LogP) is -0.0228. The molecule has 0 aliphatic carbocycles. The van der Waals surface area contributed by atoms with Crippen LogP contribution in [0.25, 0.3) is 0 Å². The number of ether oxygens (including phenoxy) is 1. The molecule has 0 saturated carbocycles. The fourth-order valence-electron chi connectivity index (χ4n) is 0.468. The summed E-state index contributed by atoms with van der Waals surface area (Å²) in [6, 6.07) is 0. The largest absolute Gasteiger partial charge is 0.480 e. The second kappa shape index (κ2) is 4.27. The monoisotopic (exact) mass is 187 g/mol. The van der Waals surface area contributed by atoms with E-state index in [1.165, 1.54) is 0 Å². The van der Waals surface area contributed by atoms with Crippen LogP contribution in [0.3, 0.4) is 0 Å². The number of alkyl halides is 3. The van der Waals surface area contributed by atoms with Crippen molar-refractivity contribution in [3.63, 3.8) is 0 Å².